The summed E-state index contributed by atoms with van der Waals surface area (Å²) >= 11 is 0. The molecule has 0 radical (unpaired) electrons. The molecule has 0 aliphatic rings. The van der Waals surface area contributed by atoms with E-state index in [9.17, 15) is 0 Å². The first-order valence-corrected chi connectivity index (χ1v) is 6.00. The zero-order valence-electron chi connectivity index (χ0n) is 12.4. The normalized spacial score (nSPS) is 9.53. The van der Waals surface area contributed by atoms with E-state index in [4.69, 9.17) is 4.74 Å². The molecule has 0 amide bonds. The summed E-state index contributed by atoms with van der Waals surface area (Å²) in [7, 11) is 9.71. The third-order valence-corrected chi connectivity index (χ3v) is 2.51. The minimum atomic E-state index is 0. The molecular weight excluding hydrogens is 353 g/mol. The van der Waals surface area contributed by atoms with Crippen LogP contribution in [0.3, 0.4) is 0 Å². The predicted octanol–water partition coefficient (Wildman–Crippen LogP) is 2.43. The first kappa shape index (κ1) is 18.2. The lowest BCUT2D eigenvalue weighted by atomic mass is 10.1. The first-order chi connectivity index (χ1) is 8.54. The molecule has 0 aromatic heterocycles. The van der Waals surface area contributed by atoms with Crippen molar-refractivity contribution >= 4 is 29.9 Å². The molecule has 19 heavy (non-hydrogen) atoms. The Morgan fingerprint density at radius 2 is 1.68 bits per heavy atom. The highest BCUT2D eigenvalue weighted by Crippen LogP contribution is 2.08. The molecule has 0 fully saturated rings. The van der Waals surface area contributed by atoms with Gasteiger partial charge in [-0.1, -0.05) is 24.3 Å². The van der Waals surface area contributed by atoms with Crippen LogP contribution in [0.4, 0.5) is 0 Å². The van der Waals surface area contributed by atoms with E-state index in [0.717, 1.165) is 5.96 Å². The van der Waals surface area contributed by atoms with Gasteiger partial charge in [-0.05, 0) is 11.1 Å². The van der Waals surface area contributed by atoms with E-state index in [2.05, 4.69) is 23.2 Å². The summed E-state index contributed by atoms with van der Waals surface area (Å²) in [6, 6.07) is 8.33. The summed E-state index contributed by atoms with van der Waals surface area (Å²) in [6.07, 6.45) is 0. The van der Waals surface area contributed by atoms with Gasteiger partial charge in [-0.25, -0.2) is 4.99 Å². The average Bonchev–Trinajstić information content (AvgIpc) is 2.29. The van der Waals surface area contributed by atoms with Gasteiger partial charge in [0.1, 0.15) is 0 Å². The number of aliphatic imine (C=N–C) groups is 1. The van der Waals surface area contributed by atoms with Crippen molar-refractivity contribution in [3.8, 4) is 0 Å². The summed E-state index contributed by atoms with van der Waals surface area (Å²) < 4.78 is 5.13. The Morgan fingerprint density at radius 3 is 2.21 bits per heavy atom. The Kier molecular flexibility index (Phi) is 8.75. The van der Waals surface area contributed by atoms with Crippen LogP contribution in [-0.2, 0) is 17.9 Å². The fraction of sp³-hybridized carbons (Fsp3) is 0.500. The van der Waals surface area contributed by atoms with E-state index in [0.29, 0.717) is 13.2 Å². The van der Waals surface area contributed by atoms with Crippen LogP contribution in [0, 0.1) is 0 Å². The number of ether oxygens (including phenoxy) is 1. The van der Waals surface area contributed by atoms with Gasteiger partial charge in [0, 0.05) is 35.3 Å². The van der Waals surface area contributed by atoms with E-state index < -0.39 is 0 Å². The number of hydrogen-bond donors (Lipinski definition) is 0. The van der Waals surface area contributed by atoms with Crippen molar-refractivity contribution in [2.75, 3.05) is 35.3 Å². The maximum atomic E-state index is 5.13. The van der Waals surface area contributed by atoms with Gasteiger partial charge in [0.15, 0.2) is 5.96 Å². The Labute approximate surface area is 133 Å². The Hall–Kier alpha value is -0.820. The monoisotopic (exact) mass is 377 g/mol. The number of halogens is 1. The van der Waals surface area contributed by atoms with Crippen LogP contribution in [-0.4, -0.2) is 51.1 Å². The van der Waals surface area contributed by atoms with Crippen LogP contribution in [0.25, 0.3) is 0 Å². The maximum absolute atomic E-state index is 5.13. The van der Waals surface area contributed by atoms with E-state index in [1.165, 1.54) is 11.1 Å². The van der Waals surface area contributed by atoms with Crippen molar-refractivity contribution < 1.29 is 4.74 Å². The number of nitrogens with zero attached hydrogens (tertiary/aromatic N) is 3. The third kappa shape index (κ3) is 6.24. The molecule has 1 aromatic carbocycles. The quantitative estimate of drug-likeness (QED) is 0.458. The largest absolute Gasteiger partial charge is 0.380 e. The molecule has 0 atom stereocenters. The van der Waals surface area contributed by atoms with Crippen LogP contribution in [0.1, 0.15) is 11.1 Å². The molecular formula is C14H24IN3O. The van der Waals surface area contributed by atoms with Gasteiger partial charge in [0.25, 0.3) is 0 Å². The van der Waals surface area contributed by atoms with Gasteiger partial charge in [0.05, 0.1) is 13.2 Å². The van der Waals surface area contributed by atoms with Crippen molar-refractivity contribution in [2.45, 2.75) is 13.2 Å². The Morgan fingerprint density at radius 1 is 1.11 bits per heavy atom. The smallest absolute Gasteiger partial charge is 0.195 e. The highest BCUT2D eigenvalue weighted by molar-refractivity contribution is 14.0. The Balaban J connectivity index is 0.00000324. The highest BCUT2D eigenvalue weighted by atomic mass is 127. The van der Waals surface area contributed by atoms with Crippen molar-refractivity contribution in [2.24, 2.45) is 4.99 Å². The number of guanidine groups is 1. The predicted molar refractivity (Wildman–Crippen MR) is 91.1 cm³/mol. The van der Waals surface area contributed by atoms with Gasteiger partial charge in [-0.2, -0.15) is 0 Å². The van der Waals surface area contributed by atoms with E-state index in [-0.39, 0.29) is 24.0 Å². The van der Waals surface area contributed by atoms with Crippen LogP contribution in [0.5, 0.6) is 0 Å². The maximum Gasteiger partial charge on any atom is 0.195 e. The number of hydrogen-bond acceptors (Lipinski definition) is 2. The molecule has 108 valence electrons. The molecule has 1 aromatic rings. The summed E-state index contributed by atoms with van der Waals surface area (Å²) in [4.78, 5) is 8.65. The molecule has 0 spiro atoms. The van der Waals surface area contributed by atoms with Crippen LogP contribution in [0.2, 0.25) is 0 Å². The average molecular weight is 377 g/mol. The lowest BCUT2D eigenvalue weighted by molar-refractivity contribution is 0.185. The molecule has 4 nitrogen and oxygen atoms in total. The van der Waals surface area contributed by atoms with Crippen LogP contribution in [0.15, 0.2) is 29.3 Å². The zero-order chi connectivity index (χ0) is 13.5. The van der Waals surface area contributed by atoms with Gasteiger partial charge < -0.3 is 14.5 Å². The molecule has 0 aliphatic heterocycles. The fourth-order valence-electron chi connectivity index (χ4n) is 1.83. The second-order valence-corrected chi connectivity index (χ2v) is 4.66. The summed E-state index contributed by atoms with van der Waals surface area (Å²) in [5.74, 6) is 0.965. The minimum Gasteiger partial charge on any atom is -0.380 e. The Bertz CT molecular complexity index is 395. The molecule has 5 heteroatoms. The van der Waals surface area contributed by atoms with Crippen molar-refractivity contribution in [1.82, 2.24) is 9.80 Å². The lowest BCUT2D eigenvalue weighted by Gasteiger charge is -2.22. The molecule has 0 saturated heterocycles. The summed E-state index contributed by atoms with van der Waals surface area (Å²) in [6.45, 7) is 1.33. The van der Waals surface area contributed by atoms with Gasteiger partial charge in [-0.15, -0.1) is 24.0 Å². The van der Waals surface area contributed by atoms with Crippen LogP contribution >= 0.6 is 24.0 Å². The molecule has 1 rings (SSSR count). The second-order valence-electron chi connectivity index (χ2n) is 4.66. The fourth-order valence-corrected chi connectivity index (χ4v) is 1.83. The van der Waals surface area contributed by atoms with Gasteiger partial charge in [0.2, 0.25) is 0 Å². The standard InChI is InChI=1S/C14H23N3O.HI/c1-16(2)14(17(3)4)15-10-12-7-6-8-13(9-12)11-18-5;/h6-9H,10-11H2,1-5H3;1H. The second kappa shape index (κ2) is 9.14. The van der Waals surface area contributed by atoms with Crippen molar-refractivity contribution in [3.05, 3.63) is 35.4 Å². The molecule has 0 aliphatic carbocycles. The van der Waals surface area contributed by atoms with Crippen molar-refractivity contribution in [1.29, 1.82) is 0 Å². The first-order valence-electron chi connectivity index (χ1n) is 6.00. The number of benzene rings is 1. The van der Waals surface area contributed by atoms with Crippen LogP contribution < -0.4 is 0 Å². The zero-order valence-corrected chi connectivity index (χ0v) is 14.7. The molecule has 0 heterocycles. The number of methoxy groups -OCH3 is 1. The van der Waals surface area contributed by atoms with E-state index in [1.54, 1.807) is 7.11 Å². The number of rotatable bonds is 4. The summed E-state index contributed by atoms with van der Waals surface area (Å²) in [5, 5.41) is 0. The molecule has 0 unspecified atom stereocenters. The topological polar surface area (TPSA) is 28.1 Å². The van der Waals surface area contributed by atoms with E-state index in [1.807, 2.05) is 44.1 Å². The molecule has 0 saturated carbocycles. The molecule has 0 bridgehead atoms. The SMILES string of the molecule is COCc1cccc(CN=C(N(C)C)N(C)C)c1.I. The third-order valence-electron chi connectivity index (χ3n) is 2.51. The van der Waals surface area contributed by atoms with Gasteiger partial charge in [-0.3, -0.25) is 0 Å². The van der Waals surface area contributed by atoms with Crippen molar-refractivity contribution in [3.63, 3.8) is 0 Å². The summed E-state index contributed by atoms with van der Waals surface area (Å²) in [5.41, 5.74) is 2.38. The molecule has 0 N–H and O–H groups in total. The highest BCUT2D eigenvalue weighted by Gasteiger charge is 2.03. The van der Waals surface area contributed by atoms with Gasteiger partial charge >= 0.3 is 0 Å². The lowest BCUT2D eigenvalue weighted by Crippen LogP contribution is -2.35. The minimum absolute atomic E-state index is 0. The van der Waals surface area contributed by atoms with E-state index >= 15 is 0 Å².